The van der Waals surface area contributed by atoms with Crippen LogP contribution in [0.2, 0.25) is 0 Å². The number of thiazole rings is 1. The van der Waals surface area contributed by atoms with Gasteiger partial charge in [-0.15, -0.1) is 0 Å². The predicted octanol–water partition coefficient (Wildman–Crippen LogP) is 5.05. The van der Waals surface area contributed by atoms with Gasteiger partial charge in [0.25, 0.3) is 5.91 Å². The quantitative estimate of drug-likeness (QED) is 0.439. The van der Waals surface area contributed by atoms with Gasteiger partial charge in [-0.25, -0.2) is 4.98 Å². The van der Waals surface area contributed by atoms with Gasteiger partial charge in [-0.3, -0.25) is 19.5 Å². The monoisotopic (exact) mass is 401 g/mol. The summed E-state index contributed by atoms with van der Waals surface area (Å²) in [4.78, 5) is 35.7. The van der Waals surface area contributed by atoms with Crippen LogP contribution in [-0.2, 0) is 6.54 Å². The van der Waals surface area contributed by atoms with Gasteiger partial charge in [0, 0.05) is 17.3 Å². The molecule has 0 atom stereocenters. The number of rotatable bonds is 5. The van der Waals surface area contributed by atoms with Crippen LogP contribution < -0.4 is 4.90 Å². The van der Waals surface area contributed by atoms with E-state index in [1.807, 2.05) is 43.3 Å². The molecule has 0 fully saturated rings. The van der Waals surface area contributed by atoms with E-state index in [1.165, 1.54) is 18.3 Å². The maximum atomic E-state index is 13.4. The molecular weight excluding hydrogens is 382 g/mol. The van der Waals surface area contributed by atoms with E-state index >= 15 is 0 Å². The lowest BCUT2D eigenvalue weighted by molar-refractivity contribution is 0.0980. The van der Waals surface area contributed by atoms with Crippen LogP contribution in [0.3, 0.4) is 0 Å². The number of hydrogen-bond acceptors (Lipinski definition) is 5. The van der Waals surface area contributed by atoms with Gasteiger partial charge in [0.2, 0.25) is 0 Å². The molecule has 0 N–H and O–H groups in total. The first-order valence-corrected chi connectivity index (χ1v) is 10.0. The van der Waals surface area contributed by atoms with E-state index in [0.29, 0.717) is 22.8 Å². The Hall–Kier alpha value is -3.38. The number of carbonyl (C=O) groups excluding carboxylic acids is 2. The molecular formula is C23H19N3O2S. The summed E-state index contributed by atoms with van der Waals surface area (Å²) in [6.45, 7) is 3.83. The topological polar surface area (TPSA) is 63.2 Å². The SMILES string of the molecule is CC(=O)c1ccc(C(=O)N(Cc2ccccn2)c2nc3c(C)cccc3s2)cc1. The fourth-order valence-corrected chi connectivity index (χ4v) is 4.11. The van der Waals surface area contributed by atoms with Crippen molar-refractivity contribution in [1.82, 2.24) is 9.97 Å². The molecule has 0 aliphatic heterocycles. The highest BCUT2D eigenvalue weighted by atomic mass is 32.1. The molecule has 2 heterocycles. The van der Waals surface area contributed by atoms with Crippen molar-refractivity contribution in [3.63, 3.8) is 0 Å². The van der Waals surface area contributed by atoms with E-state index in [9.17, 15) is 9.59 Å². The summed E-state index contributed by atoms with van der Waals surface area (Å²) < 4.78 is 1.03. The Morgan fingerprint density at radius 1 is 0.966 bits per heavy atom. The van der Waals surface area contributed by atoms with E-state index in [2.05, 4.69) is 4.98 Å². The van der Waals surface area contributed by atoms with Crippen LogP contribution in [-0.4, -0.2) is 21.7 Å². The first kappa shape index (κ1) is 19.0. The summed E-state index contributed by atoms with van der Waals surface area (Å²) >= 11 is 1.48. The fourth-order valence-electron chi connectivity index (χ4n) is 3.07. The minimum absolute atomic E-state index is 0.0315. The average Bonchev–Trinajstić information content (AvgIpc) is 3.18. The second-order valence-electron chi connectivity index (χ2n) is 6.76. The Balaban J connectivity index is 1.75. The van der Waals surface area contributed by atoms with Crippen molar-refractivity contribution >= 4 is 38.4 Å². The molecule has 2 aromatic heterocycles. The van der Waals surface area contributed by atoms with Crippen LogP contribution >= 0.6 is 11.3 Å². The number of carbonyl (C=O) groups is 2. The van der Waals surface area contributed by atoms with Crippen LogP contribution in [0.5, 0.6) is 0 Å². The first-order valence-electron chi connectivity index (χ1n) is 9.22. The third kappa shape index (κ3) is 3.93. The van der Waals surface area contributed by atoms with Crippen molar-refractivity contribution in [1.29, 1.82) is 0 Å². The molecule has 0 aliphatic rings. The molecule has 0 radical (unpaired) electrons. The number of hydrogen-bond donors (Lipinski definition) is 0. The van der Waals surface area contributed by atoms with E-state index in [-0.39, 0.29) is 11.7 Å². The van der Waals surface area contributed by atoms with Crippen molar-refractivity contribution in [2.45, 2.75) is 20.4 Å². The molecule has 4 aromatic rings. The summed E-state index contributed by atoms with van der Waals surface area (Å²) in [5.41, 5.74) is 3.83. The molecule has 6 heteroatoms. The minimum atomic E-state index is -0.178. The predicted molar refractivity (Wildman–Crippen MR) is 116 cm³/mol. The van der Waals surface area contributed by atoms with E-state index in [0.717, 1.165) is 21.5 Å². The third-order valence-corrected chi connectivity index (χ3v) is 5.71. The Morgan fingerprint density at radius 2 is 1.72 bits per heavy atom. The van der Waals surface area contributed by atoms with Crippen LogP contribution in [0.15, 0.2) is 66.9 Å². The highest BCUT2D eigenvalue weighted by Gasteiger charge is 2.22. The Morgan fingerprint density at radius 3 is 2.38 bits per heavy atom. The second-order valence-corrected chi connectivity index (χ2v) is 7.77. The number of fused-ring (bicyclic) bond motifs is 1. The summed E-state index contributed by atoms with van der Waals surface area (Å²) in [6, 6.07) is 18.4. The van der Waals surface area contributed by atoms with Crippen molar-refractivity contribution in [3.8, 4) is 0 Å². The van der Waals surface area contributed by atoms with Gasteiger partial charge in [-0.1, -0.05) is 41.7 Å². The van der Waals surface area contributed by atoms with Gasteiger partial charge >= 0.3 is 0 Å². The highest BCUT2D eigenvalue weighted by molar-refractivity contribution is 7.22. The summed E-state index contributed by atoms with van der Waals surface area (Å²) in [5.74, 6) is -0.210. The zero-order chi connectivity index (χ0) is 20.4. The minimum Gasteiger partial charge on any atom is -0.295 e. The van der Waals surface area contributed by atoms with Crippen LogP contribution in [0.1, 0.15) is 38.9 Å². The second kappa shape index (κ2) is 7.93. The number of nitrogens with zero attached hydrogens (tertiary/aromatic N) is 3. The fraction of sp³-hybridized carbons (Fsp3) is 0.130. The van der Waals surface area contributed by atoms with Gasteiger partial charge in [-0.05, 0) is 49.7 Å². The number of benzene rings is 2. The van der Waals surface area contributed by atoms with Gasteiger partial charge in [0.05, 0.1) is 22.5 Å². The van der Waals surface area contributed by atoms with Gasteiger partial charge in [0.1, 0.15) is 0 Å². The smallest absolute Gasteiger partial charge is 0.260 e. The zero-order valence-corrected chi connectivity index (χ0v) is 16.9. The molecule has 1 amide bonds. The van der Waals surface area contributed by atoms with E-state index < -0.39 is 0 Å². The molecule has 2 aromatic carbocycles. The normalized spacial score (nSPS) is 10.8. The Kier molecular flexibility index (Phi) is 5.18. The van der Waals surface area contributed by atoms with Gasteiger partial charge in [-0.2, -0.15) is 0 Å². The molecule has 0 spiro atoms. The molecule has 0 aliphatic carbocycles. The van der Waals surface area contributed by atoms with Gasteiger partial charge in [0.15, 0.2) is 10.9 Å². The highest BCUT2D eigenvalue weighted by Crippen LogP contribution is 2.32. The first-order chi connectivity index (χ1) is 14.0. The molecule has 4 rings (SSSR count). The zero-order valence-electron chi connectivity index (χ0n) is 16.1. The number of aryl methyl sites for hydroxylation is 1. The molecule has 5 nitrogen and oxygen atoms in total. The molecule has 29 heavy (non-hydrogen) atoms. The largest absolute Gasteiger partial charge is 0.295 e. The molecule has 144 valence electrons. The van der Waals surface area contributed by atoms with Crippen LogP contribution in [0, 0.1) is 6.92 Å². The number of amides is 1. The lowest BCUT2D eigenvalue weighted by Crippen LogP contribution is -2.30. The molecule has 0 saturated heterocycles. The molecule has 0 saturated carbocycles. The van der Waals surface area contributed by atoms with Crippen molar-refractivity contribution < 1.29 is 9.59 Å². The van der Waals surface area contributed by atoms with Crippen molar-refractivity contribution in [2.75, 3.05) is 4.90 Å². The van der Waals surface area contributed by atoms with E-state index in [1.54, 1.807) is 35.4 Å². The van der Waals surface area contributed by atoms with Crippen LogP contribution in [0.25, 0.3) is 10.2 Å². The summed E-state index contributed by atoms with van der Waals surface area (Å²) in [5, 5.41) is 0.626. The standard InChI is InChI=1S/C23H19N3O2S/c1-15-6-5-8-20-21(15)25-23(29-20)26(14-19-7-3-4-13-24-19)22(28)18-11-9-17(10-12-18)16(2)27/h3-13H,14H2,1-2H3. The van der Waals surface area contributed by atoms with E-state index in [4.69, 9.17) is 4.98 Å². The van der Waals surface area contributed by atoms with Crippen molar-refractivity contribution in [3.05, 3.63) is 89.2 Å². The molecule has 0 bridgehead atoms. The van der Waals surface area contributed by atoms with Crippen molar-refractivity contribution in [2.24, 2.45) is 0 Å². The number of Topliss-reactive ketones (excluding diaryl/α,β-unsaturated/α-hetero) is 1. The maximum absolute atomic E-state index is 13.4. The third-order valence-electron chi connectivity index (χ3n) is 4.67. The average molecular weight is 401 g/mol. The Labute approximate surface area is 172 Å². The number of aromatic nitrogens is 2. The number of ketones is 1. The number of anilines is 1. The lowest BCUT2D eigenvalue weighted by atomic mass is 10.1. The molecule has 0 unspecified atom stereocenters. The Bertz CT molecular complexity index is 1180. The van der Waals surface area contributed by atoms with Gasteiger partial charge < -0.3 is 0 Å². The summed E-state index contributed by atoms with van der Waals surface area (Å²) in [7, 11) is 0. The summed E-state index contributed by atoms with van der Waals surface area (Å²) in [6.07, 6.45) is 1.71. The maximum Gasteiger partial charge on any atom is 0.260 e. The lowest BCUT2D eigenvalue weighted by Gasteiger charge is -2.19. The number of pyridine rings is 1. The van der Waals surface area contributed by atoms with Crippen LogP contribution in [0.4, 0.5) is 5.13 Å². The number of para-hydroxylation sites is 1.